The van der Waals surface area contributed by atoms with Gasteiger partial charge in [0.2, 0.25) is 11.6 Å². The lowest BCUT2D eigenvalue weighted by Gasteiger charge is -2.36. The van der Waals surface area contributed by atoms with E-state index in [1.807, 2.05) is 31.3 Å². The van der Waals surface area contributed by atoms with Crippen LogP contribution in [0.5, 0.6) is 23.1 Å². The molecule has 0 spiro atoms. The van der Waals surface area contributed by atoms with Gasteiger partial charge in [-0.05, 0) is 29.3 Å². The minimum absolute atomic E-state index is 0.611. The number of piperazine rings is 1. The first kappa shape index (κ1) is 23.5. The minimum Gasteiger partial charge on any atom is -0.493 e. The maximum Gasteiger partial charge on any atom is 0.213 e. The van der Waals surface area contributed by atoms with Crippen molar-refractivity contribution in [3.8, 4) is 23.1 Å². The van der Waals surface area contributed by atoms with Crippen LogP contribution in [0.15, 0.2) is 35.5 Å². The zero-order valence-corrected chi connectivity index (χ0v) is 19.6. The summed E-state index contributed by atoms with van der Waals surface area (Å²) < 4.78 is 21.6. The summed E-state index contributed by atoms with van der Waals surface area (Å²) in [4.78, 5) is 13.3. The first-order chi connectivity index (χ1) is 15.6. The number of ether oxygens (including phenoxy) is 4. The average molecular weight is 444 g/mol. The van der Waals surface area contributed by atoms with E-state index in [0.29, 0.717) is 29.7 Å². The van der Waals surface area contributed by atoms with Crippen molar-refractivity contribution >= 4 is 5.96 Å². The van der Waals surface area contributed by atoms with Crippen LogP contribution in [0.25, 0.3) is 0 Å². The topological polar surface area (TPSA) is 80.7 Å². The second kappa shape index (κ2) is 11.4. The summed E-state index contributed by atoms with van der Waals surface area (Å²) in [6.45, 7) is 5.12. The number of hydrogen-bond donors (Lipinski definition) is 1. The van der Waals surface area contributed by atoms with Crippen LogP contribution in [0, 0.1) is 0 Å². The molecule has 174 valence electrons. The van der Waals surface area contributed by atoms with Gasteiger partial charge in [0.15, 0.2) is 17.5 Å². The highest BCUT2D eigenvalue weighted by Crippen LogP contribution is 2.38. The van der Waals surface area contributed by atoms with Gasteiger partial charge < -0.3 is 29.2 Å². The van der Waals surface area contributed by atoms with Gasteiger partial charge >= 0.3 is 0 Å². The van der Waals surface area contributed by atoms with Crippen molar-refractivity contribution in [2.45, 2.75) is 13.1 Å². The molecule has 9 heteroatoms. The van der Waals surface area contributed by atoms with Crippen molar-refractivity contribution in [1.82, 2.24) is 20.1 Å². The van der Waals surface area contributed by atoms with Gasteiger partial charge in [0.25, 0.3) is 0 Å². The van der Waals surface area contributed by atoms with Gasteiger partial charge in [-0.2, -0.15) is 0 Å². The summed E-state index contributed by atoms with van der Waals surface area (Å²) in [7, 11) is 8.33. The van der Waals surface area contributed by atoms with E-state index in [0.717, 1.165) is 49.8 Å². The molecule has 32 heavy (non-hydrogen) atoms. The van der Waals surface area contributed by atoms with Crippen molar-refractivity contribution < 1.29 is 18.9 Å². The number of rotatable bonds is 8. The van der Waals surface area contributed by atoms with Crippen LogP contribution < -0.4 is 24.3 Å². The van der Waals surface area contributed by atoms with Crippen LogP contribution in [0.4, 0.5) is 0 Å². The quantitative estimate of drug-likeness (QED) is 0.490. The van der Waals surface area contributed by atoms with Crippen LogP contribution >= 0.6 is 0 Å². The molecule has 1 aliphatic rings. The number of aliphatic imine (C=N–C) groups is 1. The number of pyridine rings is 1. The van der Waals surface area contributed by atoms with E-state index in [-0.39, 0.29) is 0 Å². The summed E-state index contributed by atoms with van der Waals surface area (Å²) in [6.07, 6.45) is 1.75. The van der Waals surface area contributed by atoms with Crippen LogP contribution in [-0.4, -0.2) is 82.4 Å². The second-order valence-corrected chi connectivity index (χ2v) is 7.40. The highest BCUT2D eigenvalue weighted by molar-refractivity contribution is 5.80. The predicted octanol–water partition coefficient (Wildman–Crippen LogP) is 2.01. The number of nitrogens with one attached hydrogen (secondary N) is 1. The van der Waals surface area contributed by atoms with Crippen molar-refractivity contribution in [3.63, 3.8) is 0 Å². The monoisotopic (exact) mass is 443 g/mol. The minimum atomic E-state index is 0.611. The SMILES string of the molecule is CN=C(NCc1ccnc(OC)c1)N1CCN(Cc2cc(OC)c(OC)c(OC)c2)CC1. The third kappa shape index (κ3) is 5.73. The molecule has 0 atom stereocenters. The lowest BCUT2D eigenvalue weighted by molar-refractivity contribution is 0.172. The van der Waals surface area contributed by atoms with Gasteiger partial charge in [0.1, 0.15) is 0 Å². The van der Waals surface area contributed by atoms with E-state index in [1.54, 1.807) is 34.6 Å². The van der Waals surface area contributed by atoms with E-state index in [9.17, 15) is 0 Å². The zero-order valence-electron chi connectivity index (χ0n) is 19.6. The van der Waals surface area contributed by atoms with Crippen LogP contribution in [-0.2, 0) is 13.1 Å². The number of nitrogens with zero attached hydrogens (tertiary/aromatic N) is 4. The fraction of sp³-hybridized carbons (Fsp3) is 0.478. The number of guanidine groups is 1. The second-order valence-electron chi connectivity index (χ2n) is 7.40. The van der Waals surface area contributed by atoms with E-state index >= 15 is 0 Å². The Labute approximate surface area is 190 Å². The Balaban J connectivity index is 1.56. The highest BCUT2D eigenvalue weighted by atomic mass is 16.5. The summed E-state index contributed by atoms with van der Waals surface area (Å²) >= 11 is 0. The molecule has 1 aromatic carbocycles. The summed E-state index contributed by atoms with van der Waals surface area (Å²) in [6, 6.07) is 7.92. The third-order valence-electron chi connectivity index (χ3n) is 5.47. The van der Waals surface area contributed by atoms with Crippen molar-refractivity contribution in [3.05, 3.63) is 41.6 Å². The highest BCUT2D eigenvalue weighted by Gasteiger charge is 2.21. The molecule has 0 unspecified atom stereocenters. The number of methoxy groups -OCH3 is 4. The Morgan fingerprint density at radius 3 is 2.19 bits per heavy atom. The van der Waals surface area contributed by atoms with Crippen LogP contribution in [0.1, 0.15) is 11.1 Å². The van der Waals surface area contributed by atoms with Gasteiger partial charge in [0.05, 0.1) is 28.4 Å². The Kier molecular flexibility index (Phi) is 8.38. The fourth-order valence-electron chi connectivity index (χ4n) is 3.79. The van der Waals surface area contributed by atoms with E-state index in [1.165, 1.54) is 0 Å². The molecule has 0 saturated carbocycles. The molecule has 3 rings (SSSR count). The standard InChI is InChI=1S/C23H33N5O4/c1-24-23(26-15-17-6-7-25-21(14-17)31-4)28-10-8-27(9-11-28)16-18-12-19(29-2)22(32-5)20(13-18)30-3/h6-7,12-14H,8-11,15-16H2,1-5H3,(H,24,26). The molecule has 9 nitrogen and oxygen atoms in total. The molecule has 0 bridgehead atoms. The Morgan fingerprint density at radius 2 is 1.62 bits per heavy atom. The zero-order chi connectivity index (χ0) is 22.9. The van der Waals surface area contributed by atoms with E-state index in [2.05, 4.69) is 25.1 Å². The number of aromatic nitrogens is 1. The number of hydrogen-bond acceptors (Lipinski definition) is 7. The third-order valence-corrected chi connectivity index (χ3v) is 5.47. The molecule has 2 aromatic rings. The van der Waals surface area contributed by atoms with Crippen molar-refractivity contribution in [2.75, 3.05) is 61.7 Å². The molecule has 2 heterocycles. The van der Waals surface area contributed by atoms with E-state index < -0.39 is 0 Å². The van der Waals surface area contributed by atoms with Crippen LogP contribution in [0.3, 0.4) is 0 Å². The molecule has 1 saturated heterocycles. The molecule has 0 aliphatic carbocycles. The molecule has 1 aromatic heterocycles. The van der Waals surface area contributed by atoms with Crippen LogP contribution in [0.2, 0.25) is 0 Å². The molecule has 0 amide bonds. The summed E-state index contributed by atoms with van der Waals surface area (Å²) in [5, 5.41) is 3.44. The fourth-order valence-corrected chi connectivity index (χ4v) is 3.79. The Morgan fingerprint density at radius 1 is 0.938 bits per heavy atom. The van der Waals surface area contributed by atoms with Gasteiger partial charge in [0, 0.05) is 58.6 Å². The molecule has 1 N–H and O–H groups in total. The first-order valence-corrected chi connectivity index (χ1v) is 10.6. The molecular weight excluding hydrogens is 410 g/mol. The Hall–Kier alpha value is -3.20. The maximum atomic E-state index is 5.48. The van der Waals surface area contributed by atoms with Gasteiger partial charge in [-0.3, -0.25) is 9.89 Å². The number of benzene rings is 1. The Bertz CT molecular complexity index is 888. The van der Waals surface area contributed by atoms with E-state index in [4.69, 9.17) is 18.9 Å². The lowest BCUT2D eigenvalue weighted by Crippen LogP contribution is -2.52. The molecule has 0 radical (unpaired) electrons. The average Bonchev–Trinajstić information content (AvgIpc) is 2.84. The first-order valence-electron chi connectivity index (χ1n) is 10.6. The normalized spacial score (nSPS) is 14.8. The predicted molar refractivity (Wildman–Crippen MR) is 124 cm³/mol. The van der Waals surface area contributed by atoms with Crippen molar-refractivity contribution in [1.29, 1.82) is 0 Å². The summed E-state index contributed by atoms with van der Waals surface area (Å²) in [5.74, 6) is 3.48. The molecular formula is C23H33N5O4. The van der Waals surface area contributed by atoms with Crippen molar-refractivity contribution in [2.24, 2.45) is 4.99 Å². The molecule has 1 fully saturated rings. The van der Waals surface area contributed by atoms with Gasteiger partial charge in [-0.1, -0.05) is 0 Å². The largest absolute Gasteiger partial charge is 0.493 e. The molecule has 1 aliphatic heterocycles. The summed E-state index contributed by atoms with van der Waals surface area (Å²) in [5.41, 5.74) is 2.22. The smallest absolute Gasteiger partial charge is 0.213 e. The van der Waals surface area contributed by atoms with Gasteiger partial charge in [-0.15, -0.1) is 0 Å². The lowest BCUT2D eigenvalue weighted by atomic mass is 10.1. The maximum absolute atomic E-state index is 5.48. The van der Waals surface area contributed by atoms with Gasteiger partial charge in [-0.25, -0.2) is 4.98 Å².